The molecule has 0 aliphatic rings. The fourth-order valence-corrected chi connectivity index (χ4v) is 2.35. The molecule has 0 saturated carbocycles. The van der Waals surface area contributed by atoms with Crippen LogP contribution in [0.1, 0.15) is 27.4 Å². The van der Waals surface area contributed by atoms with Crippen molar-refractivity contribution in [2.75, 3.05) is 0 Å². The van der Waals surface area contributed by atoms with E-state index in [4.69, 9.17) is 0 Å². The van der Waals surface area contributed by atoms with Gasteiger partial charge in [-0.2, -0.15) is 5.26 Å². The van der Waals surface area contributed by atoms with Crippen LogP contribution >= 0.6 is 15.9 Å². The molecule has 0 aliphatic heterocycles. The van der Waals surface area contributed by atoms with Crippen LogP contribution in [0.5, 0.6) is 0 Å². The quantitative estimate of drug-likeness (QED) is 0.783. The molecule has 1 atom stereocenters. The first-order valence-corrected chi connectivity index (χ1v) is 6.77. The van der Waals surface area contributed by atoms with Gasteiger partial charge in [-0.3, -0.25) is 4.79 Å². The van der Waals surface area contributed by atoms with Crippen LogP contribution in [0.15, 0.2) is 46.9 Å². The molecule has 0 heterocycles. The maximum Gasteiger partial charge on any atom is 0.184 e. The number of Topliss-reactive ketones (excluding diaryl/α,β-unsaturated/α-hetero) is 1. The Bertz CT molecular complexity index is 706. The Kier molecular flexibility index (Phi) is 4.31. The standard InChI is InChI=1S/C16H11BrFNO/c1-10-7-12(5-6-15(10)18)16(20)14(9-19)11-3-2-4-13(17)8-11/h2-8,14H,1H3. The van der Waals surface area contributed by atoms with Crippen molar-refractivity contribution in [2.45, 2.75) is 12.8 Å². The van der Waals surface area contributed by atoms with Gasteiger partial charge < -0.3 is 0 Å². The number of rotatable bonds is 3. The molecule has 0 saturated heterocycles. The Morgan fingerprint density at radius 3 is 2.65 bits per heavy atom. The van der Waals surface area contributed by atoms with E-state index in [1.165, 1.54) is 18.2 Å². The van der Waals surface area contributed by atoms with E-state index in [9.17, 15) is 14.4 Å². The number of nitriles is 1. The van der Waals surface area contributed by atoms with E-state index in [-0.39, 0.29) is 11.6 Å². The fraction of sp³-hybridized carbons (Fsp3) is 0.125. The Hall–Kier alpha value is -1.99. The third kappa shape index (κ3) is 2.94. The first-order chi connectivity index (χ1) is 9.52. The van der Waals surface area contributed by atoms with Gasteiger partial charge in [0.15, 0.2) is 5.78 Å². The molecule has 100 valence electrons. The number of hydrogen-bond donors (Lipinski definition) is 0. The number of benzene rings is 2. The minimum Gasteiger partial charge on any atom is -0.292 e. The smallest absolute Gasteiger partial charge is 0.184 e. The minimum absolute atomic E-state index is 0.325. The summed E-state index contributed by atoms with van der Waals surface area (Å²) in [6.45, 7) is 1.59. The Balaban J connectivity index is 2.39. The molecule has 0 spiro atoms. The number of carbonyl (C=O) groups is 1. The van der Waals surface area contributed by atoms with Crippen molar-refractivity contribution in [3.63, 3.8) is 0 Å². The molecule has 0 aliphatic carbocycles. The fourth-order valence-electron chi connectivity index (χ4n) is 1.94. The number of halogens is 2. The number of carbonyl (C=O) groups excluding carboxylic acids is 1. The molecule has 4 heteroatoms. The predicted octanol–water partition coefficient (Wildman–Crippen LogP) is 4.39. The molecular weight excluding hydrogens is 321 g/mol. The molecular formula is C16H11BrFNO. The van der Waals surface area contributed by atoms with Gasteiger partial charge in [-0.25, -0.2) is 4.39 Å². The predicted molar refractivity (Wildman–Crippen MR) is 78.0 cm³/mol. The maximum atomic E-state index is 13.2. The molecule has 0 aromatic heterocycles. The Morgan fingerprint density at radius 1 is 1.30 bits per heavy atom. The Morgan fingerprint density at radius 2 is 2.05 bits per heavy atom. The van der Waals surface area contributed by atoms with Crippen LogP contribution in [0.4, 0.5) is 4.39 Å². The van der Waals surface area contributed by atoms with Crippen LogP contribution in [-0.4, -0.2) is 5.78 Å². The summed E-state index contributed by atoms with van der Waals surface area (Å²) in [5, 5.41) is 9.27. The molecule has 0 bridgehead atoms. The molecule has 0 amide bonds. The van der Waals surface area contributed by atoms with E-state index >= 15 is 0 Å². The van der Waals surface area contributed by atoms with Gasteiger partial charge in [0.2, 0.25) is 0 Å². The zero-order valence-corrected chi connectivity index (χ0v) is 12.3. The van der Waals surface area contributed by atoms with Crippen molar-refractivity contribution >= 4 is 21.7 Å². The average molecular weight is 332 g/mol. The van der Waals surface area contributed by atoms with E-state index in [0.29, 0.717) is 16.7 Å². The zero-order chi connectivity index (χ0) is 14.7. The van der Waals surface area contributed by atoms with Crippen LogP contribution in [0.3, 0.4) is 0 Å². The molecule has 0 N–H and O–H groups in total. The van der Waals surface area contributed by atoms with Gasteiger partial charge in [0.1, 0.15) is 11.7 Å². The molecule has 0 radical (unpaired) electrons. The number of hydrogen-bond acceptors (Lipinski definition) is 2. The topological polar surface area (TPSA) is 40.9 Å². The first-order valence-electron chi connectivity index (χ1n) is 5.98. The van der Waals surface area contributed by atoms with Crippen molar-refractivity contribution in [1.29, 1.82) is 5.26 Å². The van der Waals surface area contributed by atoms with Gasteiger partial charge in [-0.05, 0) is 48.4 Å². The second-order valence-electron chi connectivity index (χ2n) is 4.45. The normalized spacial score (nSPS) is 11.7. The van der Waals surface area contributed by atoms with Crippen molar-refractivity contribution in [3.05, 3.63) is 69.4 Å². The highest BCUT2D eigenvalue weighted by molar-refractivity contribution is 9.10. The van der Waals surface area contributed by atoms with Gasteiger partial charge in [-0.15, -0.1) is 0 Å². The summed E-state index contributed by atoms with van der Waals surface area (Å²) < 4.78 is 14.0. The van der Waals surface area contributed by atoms with E-state index < -0.39 is 5.92 Å². The van der Waals surface area contributed by atoms with Crippen molar-refractivity contribution in [3.8, 4) is 6.07 Å². The summed E-state index contributed by atoms with van der Waals surface area (Å²) in [5.74, 6) is -1.58. The lowest BCUT2D eigenvalue weighted by molar-refractivity contribution is 0.0978. The molecule has 20 heavy (non-hydrogen) atoms. The molecule has 2 rings (SSSR count). The largest absolute Gasteiger partial charge is 0.292 e. The summed E-state index contributed by atoms with van der Waals surface area (Å²) in [6, 6.07) is 13.2. The summed E-state index contributed by atoms with van der Waals surface area (Å²) in [6.07, 6.45) is 0. The third-order valence-corrected chi connectivity index (χ3v) is 3.51. The molecule has 2 aromatic rings. The van der Waals surface area contributed by atoms with E-state index in [2.05, 4.69) is 15.9 Å². The van der Waals surface area contributed by atoms with Crippen LogP contribution in [0.25, 0.3) is 0 Å². The summed E-state index contributed by atoms with van der Waals surface area (Å²) in [5.41, 5.74) is 1.35. The van der Waals surface area contributed by atoms with Crippen LogP contribution in [0.2, 0.25) is 0 Å². The molecule has 1 unspecified atom stereocenters. The lowest BCUT2D eigenvalue weighted by Gasteiger charge is -2.10. The average Bonchev–Trinajstić information content (AvgIpc) is 2.42. The van der Waals surface area contributed by atoms with Crippen molar-refractivity contribution in [2.24, 2.45) is 0 Å². The lowest BCUT2D eigenvalue weighted by atomic mass is 9.91. The maximum absolute atomic E-state index is 13.2. The highest BCUT2D eigenvalue weighted by Gasteiger charge is 2.22. The monoisotopic (exact) mass is 331 g/mol. The number of nitrogens with zero attached hydrogens (tertiary/aromatic N) is 1. The van der Waals surface area contributed by atoms with Gasteiger partial charge in [-0.1, -0.05) is 28.1 Å². The summed E-state index contributed by atoms with van der Waals surface area (Å²) in [4.78, 5) is 12.4. The number of ketones is 1. The summed E-state index contributed by atoms with van der Waals surface area (Å²) in [7, 11) is 0. The van der Waals surface area contributed by atoms with Crippen LogP contribution < -0.4 is 0 Å². The highest BCUT2D eigenvalue weighted by Crippen LogP contribution is 2.24. The van der Waals surface area contributed by atoms with Gasteiger partial charge in [0.05, 0.1) is 6.07 Å². The zero-order valence-electron chi connectivity index (χ0n) is 10.7. The third-order valence-electron chi connectivity index (χ3n) is 3.02. The SMILES string of the molecule is Cc1cc(C(=O)C(C#N)c2cccc(Br)c2)ccc1F. The van der Waals surface area contributed by atoms with Crippen molar-refractivity contribution in [1.82, 2.24) is 0 Å². The first kappa shape index (κ1) is 14.4. The van der Waals surface area contributed by atoms with Gasteiger partial charge >= 0.3 is 0 Å². The lowest BCUT2D eigenvalue weighted by Crippen LogP contribution is -2.11. The minimum atomic E-state index is -0.891. The second-order valence-corrected chi connectivity index (χ2v) is 5.36. The van der Waals surface area contributed by atoms with Crippen LogP contribution in [0, 0.1) is 24.1 Å². The Labute approximate surface area is 125 Å². The molecule has 2 aromatic carbocycles. The second kappa shape index (κ2) is 5.98. The van der Waals surface area contributed by atoms with E-state index in [1.807, 2.05) is 12.1 Å². The summed E-state index contributed by atoms with van der Waals surface area (Å²) >= 11 is 3.32. The van der Waals surface area contributed by atoms with Crippen LogP contribution in [-0.2, 0) is 0 Å². The molecule has 0 fully saturated rings. The number of aryl methyl sites for hydroxylation is 1. The highest BCUT2D eigenvalue weighted by atomic mass is 79.9. The van der Waals surface area contributed by atoms with Gasteiger partial charge in [0, 0.05) is 10.0 Å². The van der Waals surface area contributed by atoms with E-state index in [0.717, 1.165) is 4.47 Å². The molecule has 2 nitrogen and oxygen atoms in total. The van der Waals surface area contributed by atoms with Crippen molar-refractivity contribution < 1.29 is 9.18 Å². The van der Waals surface area contributed by atoms with E-state index in [1.54, 1.807) is 25.1 Å². The van der Waals surface area contributed by atoms with Gasteiger partial charge in [0.25, 0.3) is 0 Å².